The van der Waals surface area contributed by atoms with E-state index in [1.165, 1.54) is 19.3 Å². The smallest absolute Gasteiger partial charge is 0.0117 e. The van der Waals surface area contributed by atoms with Crippen LogP contribution in [0.4, 0.5) is 0 Å². The van der Waals surface area contributed by atoms with Crippen LogP contribution < -0.4 is 0 Å². The van der Waals surface area contributed by atoms with E-state index in [0.717, 1.165) is 25.0 Å². The molecule has 71 valence electrons. The van der Waals surface area contributed by atoms with E-state index in [4.69, 9.17) is 5.41 Å². The van der Waals surface area contributed by atoms with Crippen molar-refractivity contribution in [1.29, 1.82) is 5.41 Å². The molecule has 0 saturated heterocycles. The summed E-state index contributed by atoms with van der Waals surface area (Å²) in [5, 5.41) is 7.75. The van der Waals surface area contributed by atoms with E-state index in [9.17, 15) is 0 Å². The van der Waals surface area contributed by atoms with Crippen LogP contribution in [0.1, 0.15) is 52.4 Å². The lowest BCUT2D eigenvalue weighted by molar-refractivity contribution is 0.610. The van der Waals surface area contributed by atoms with Gasteiger partial charge in [0.1, 0.15) is 0 Å². The van der Waals surface area contributed by atoms with Gasteiger partial charge in [0.25, 0.3) is 0 Å². The standard InChI is InChI=1S/C11H22N/c1-4-6-8-10(3)11(12)9-7-5-2/h10,12H,2,4-9H2,1,3H3. The maximum Gasteiger partial charge on any atom is 0.0117 e. The highest BCUT2D eigenvalue weighted by atomic mass is 14.4. The molecule has 0 aliphatic rings. The Morgan fingerprint density at radius 3 is 2.58 bits per heavy atom. The predicted molar refractivity (Wildman–Crippen MR) is 55.6 cm³/mol. The van der Waals surface area contributed by atoms with Crippen LogP contribution in [0.2, 0.25) is 0 Å². The molecule has 1 radical (unpaired) electrons. The molecule has 1 atom stereocenters. The Labute approximate surface area is 77.1 Å². The Morgan fingerprint density at radius 1 is 1.42 bits per heavy atom. The molecule has 0 spiro atoms. The molecule has 1 heteroatoms. The summed E-state index contributed by atoms with van der Waals surface area (Å²) in [5.41, 5.74) is 0.923. The number of hydrogen-bond acceptors (Lipinski definition) is 1. The number of unbranched alkanes of at least 4 members (excludes halogenated alkanes) is 2. The zero-order chi connectivity index (χ0) is 9.40. The Bertz CT molecular complexity index is 118. The first-order valence-electron chi connectivity index (χ1n) is 5.08. The summed E-state index contributed by atoms with van der Waals surface area (Å²) in [4.78, 5) is 0. The minimum atomic E-state index is 0.497. The zero-order valence-corrected chi connectivity index (χ0v) is 8.53. The highest BCUT2D eigenvalue weighted by Crippen LogP contribution is 2.12. The van der Waals surface area contributed by atoms with Gasteiger partial charge in [-0.25, -0.2) is 0 Å². The van der Waals surface area contributed by atoms with Gasteiger partial charge in [-0.1, -0.05) is 40.0 Å². The van der Waals surface area contributed by atoms with E-state index < -0.39 is 0 Å². The van der Waals surface area contributed by atoms with Gasteiger partial charge in [-0.15, -0.1) is 0 Å². The van der Waals surface area contributed by atoms with Gasteiger partial charge >= 0.3 is 0 Å². The molecule has 0 fully saturated rings. The van der Waals surface area contributed by atoms with E-state index in [-0.39, 0.29) is 0 Å². The molecule has 1 nitrogen and oxygen atoms in total. The highest BCUT2D eigenvalue weighted by molar-refractivity contribution is 5.83. The van der Waals surface area contributed by atoms with Crippen molar-refractivity contribution in [3.63, 3.8) is 0 Å². The van der Waals surface area contributed by atoms with Crippen molar-refractivity contribution in [3.8, 4) is 0 Å². The Hall–Kier alpha value is -0.330. The molecule has 0 saturated carbocycles. The van der Waals surface area contributed by atoms with E-state index in [2.05, 4.69) is 20.8 Å². The van der Waals surface area contributed by atoms with Gasteiger partial charge in [-0.05, 0) is 25.2 Å². The highest BCUT2D eigenvalue weighted by Gasteiger charge is 2.06. The normalized spacial score (nSPS) is 12.9. The van der Waals surface area contributed by atoms with Crippen LogP contribution in [0.3, 0.4) is 0 Å². The SMILES string of the molecule is [CH2]CCCC(=N)C(C)CCCC. The van der Waals surface area contributed by atoms with Crippen LogP contribution in [0.15, 0.2) is 0 Å². The van der Waals surface area contributed by atoms with Crippen LogP contribution in [-0.2, 0) is 0 Å². The van der Waals surface area contributed by atoms with Gasteiger partial charge in [0, 0.05) is 5.71 Å². The number of rotatable bonds is 7. The van der Waals surface area contributed by atoms with Gasteiger partial charge in [0.15, 0.2) is 0 Å². The monoisotopic (exact) mass is 168 g/mol. The fraction of sp³-hybridized carbons (Fsp3) is 0.818. The molecule has 12 heavy (non-hydrogen) atoms. The summed E-state index contributed by atoms with van der Waals surface area (Å²) in [6.45, 7) is 8.15. The summed E-state index contributed by atoms with van der Waals surface area (Å²) in [6, 6.07) is 0. The van der Waals surface area contributed by atoms with Crippen molar-refractivity contribution >= 4 is 5.71 Å². The topological polar surface area (TPSA) is 23.9 Å². The third-order valence-electron chi connectivity index (χ3n) is 2.28. The fourth-order valence-electron chi connectivity index (χ4n) is 1.25. The summed E-state index contributed by atoms with van der Waals surface area (Å²) in [5.74, 6) is 0.497. The second-order valence-corrected chi connectivity index (χ2v) is 3.53. The Morgan fingerprint density at radius 2 is 2.08 bits per heavy atom. The number of hydrogen-bond donors (Lipinski definition) is 1. The largest absolute Gasteiger partial charge is 0.309 e. The van der Waals surface area contributed by atoms with E-state index >= 15 is 0 Å². The first-order chi connectivity index (χ1) is 5.72. The quantitative estimate of drug-likeness (QED) is 0.558. The van der Waals surface area contributed by atoms with Crippen molar-refractivity contribution in [2.24, 2.45) is 5.92 Å². The second kappa shape index (κ2) is 7.33. The van der Waals surface area contributed by atoms with E-state index in [0.29, 0.717) is 5.92 Å². The lowest BCUT2D eigenvalue weighted by atomic mass is 9.95. The van der Waals surface area contributed by atoms with Crippen LogP contribution in [0, 0.1) is 18.3 Å². The first kappa shape index (κ1) is 11.7. The molecule has 0 aromatic heterocycles. The molecule has 0 aliphatic carbocycles. The van der Waals surface area contributed by atoms with Gasteiger partial charge in [0.05, 0.1) is 0 Å². The summed E-state index contributed by atoms with van der Waals surface area (Å²) in [6.07, 6.45) is 6.68. The van der Waals surface area contributed by atoms with Crippen molar-refractivity contribution in [1.82, 2.24) is 0 Å². The van der Waals surface area contributed by atoms with Crippen molar-refractivity contribution < 1.29 is 0 Å². The molecule has 1 unspecified atom stereocenters. The first-order valence-corrected chi connectivity index (χ1v) is 5.08. The average Bonchev–Trinajstić information content (AvgIpc) is 2.10. The molecule has 0 rings (SSSR count). The zero-order valence-electron chi connectivity index (χ0n) is 8.53. The molecule has 0 amide bonds. The average molecular weight is 168 g/mol. The lowest BCUT2D eigenvalue weighted by Gasteiger charge is -2.11. The van der Waals surface area contributed by atoms with Gasteiger partial charge in [-0.3, -0.25) is 0 Å². The molecule has 0 aromatic carbocycles. The van der Waals surface area contributed by atoms with Crippen LogP contribution in [0.5, 0.6) is 0 Å². The van der Waals surface area contributed by atoms with Crippen molar-refractivity contribution in [2.75, 3.05) is 0 Å². The van der Waals surface area contributed by atoms with Crippen molar-refractivity contribution in [2.45, 2.75) is 52.4 Å². The van der Waals surface area contributed by atoms with Gasteiger partial charge < -0.3 is 5.41 Å². The molecule has 0 aromatic rings. The molecular formula is C11H22N. The lowest BCUT2D eigenvalue weighted by Crippen LogP contribution is -2.09. The fourth-order valence-corrected chi connectivity index (χ4v) is 1.25. The second-order valence-electron chi connectivity index (χ2n) is 3.53. The van der Waals surface area contributed by atoms with Crippen LogP contribution >= 0.6 is 0 Å². The number of nitrogens with one attached hydrogen (secondary N) is 1. The maximum absolute atomic E-state index is 7.75. The third kappa shape index (κ3) is 5.34. The minimum Gasteiger partial charge on any atom is -0.309 e. The van der Waals surface area contributed by atoms with Gasteiger partial charge in [0.2, 0.25) is 0 Å². The maximum atomic E-state index is 7.75. The summed E-state index contributed by atoms with van der Waals surface area (Å²) in [7, 11) is 0. The predicted octanol–water partition coefficient (Wildman–Crippen LogP) is 3.84. The molecule has 1 N–H and O–H groups in total. The van der Waals surface area contributed by atoms with Crippen LogP contribution in [0.25, 0.3) is 0 Å². The molecule has 0 heterocycles. The van der Waals surface area contributed by atoms with E-state index in [1.807, 2.05) is 0 Å². The Kier molecular flexibility index (Phi) is 7.12. The van der Waals surface area contributed by atoms with Crippen LogP contribution in [-0.4, -0.2) is 5.71 Å². The molecule has 0 bridgehead atoms. The van der Waals surface area contributed by atoms with Gasteiger partial charge in [-0.2, -0.15) is 0 Å². The third-order valence-corrected chi connectivity index (χ3v) is 2.28. The van der Waals surface area contributed by atoms with E-state index in [1.54, 1.807) is 0 Å². The Balaban J connectivity index is 3.47. The molecular weight excluding hydrogens is 146 g/mol. The summed E-state index contributed by atoms with van der Waals surface area (Å²) >= 11 is 0. The van der Waals surface area contributed by atoms with Crippen molar-refractivity contribution in [3.05, 3.63) is 6.92 Å². The minimum absolute atomic E-state index is 0.497. The molecule has 0 aliphatic heterocycles. The summed E-state index contributed by atoms with van der Waals surface area (Å²) < 4.78 is 0.